The quantitative estimate of drug-likeness (QED) is 0.0657. The number of aromatic nitrogens is 1. The summed E-state index contributed by atoms with van der Waals surface area (Å²) < 4.78 is 68.0. The Balaban J connectivity index is 0.000000134. The van der Waals surface area contributed by atoms with E-state index < -0.39 is 41.1 Å². The van der Waals surface area contributed by atoms with Gasteiger partial charge in [-0.15, -0.1) is 0 Å². The largest absolute Gasteiger partial charge is 0.504 e. The average molecular weight is 1260 g/mol. The number of phenols is 8. The summed E-state index contributed by atoms with van der Waals surface area (Å²) in [6.45, 7) is 5.40. The van der Waals surface area contributed by atoms with Crippen molar-refractivity contribution in [3.63, 3.8) is 0 Å². The first-order valence-corrected chi connectivity index (χ1v) is 29.6. The summed E-state index contributed by atoms with van der Waals surface area (Å²) in [4.78, 5) is 3.95. The van der Waals surface area contributed by atoms with Crippen LogP contribution >= 0.6 is 27.5 Å². The van der Waals surface area contributed by atoms with E-state index in [4.69, 9.17) is 67.7 Å². The Hall–Kier alpha value is -5.38. The molecule has 8 unspecified atom stereocenters. The number of phenolic OH excluding ortho intramolecular Hbond substituents is 8. The number of nitrogens with zero attached hydrogens (tertiary/aromatic N) is 1. The molecule has 84 heavy (non-hydrogen) atoms. The van der Waals surface area contributed by atoms with Gasteiger partial charge < -0.3 is 96.9 Å². The van der Waals surface area contributed by atoms with Gasteiger partial charge in [-0.2, -0.15) is 0 Å². The van der Waals surface area contributed by atoms with Crippen LogP contribution in [0.2, 0.25) is 5.02 Å². The molecule has 458 valence electrons. The van der Waals surface area contributed by atoms with E-state index in [1.54, 1.807) is 24.5 Å². The fraction of sp³-hybridized carbons (Fsp3) is 0.517. The van der Waals surface area contributed by atoms with Gasteiger partial charge in [0.1, 0.15) is 0 Å². The standard InChI is InChI=1S/C15H20BrNO4.C15H20ClNO4.C15H15FN2O3.C15H20FNO4/c2*16-11-5-9-10(14(18)15(11)19)6-12(21-13(9)7-17)8-1-3-20-4-2-8;16-11-5-9-10(14(19)15(11)20)6-12(21-13(9)7-17)8-1-3-18-4-2-8;16-11-5-9-10(14(18)15(11)19)6-12(21-13(9)7-17)8-1-3-20-4-2-8/h2*5,8,12-13,18-19H,1-4,6-7,17H2;1-5,12-13,19-20H,6-7,17H2;5,8,12-13,18-19H,1-4,6-7,17H2. The van der Waals surface area contributed by atoms with E-state index in [2.05, 4.69) is 20.9 Å². The van der Waals surface area contributed by atoms with Crippen LogP contribution in [0.3, 0.4) is 0 Å². The predicted octanol–water partition coefficient (Wildman–Crippen LogP) is 7.90. The molecule has 1 aromatic heterocycles. The zero-order chi connectivity index (χ0) is 59.9. The SMILES string of the molecule is NCC1OC(C2CCOCC2)Cc2c1cc(Br)c(O)c2O.NCC1OC(C2CCOCC2)Cc2c1cc(Cl)c(O)c2O.NCC1OC(C2CCOCC2)Cc2c1cc(F)c(O)c2O.NCC1OC(c2ccncc2)Cc2c1cc(F)c(O)c2O. The molecule has 5 aromatic rings. The Kier molecular flexibility index (Phi) is 21.4. The van der Waals surface area contributed by atoms with Crippen LogP contribution in [-0.2, 0) is 58.8 Å². The second kappa shape index (κ2) is 28.4. The molecule has 16 N–H and O–H groups in total. The number of aromatic hydroxyl groups is 8. The van der Waals surface area contributed by atoms with Crippen LogP contribution in [0.4, 0.5) is 8.78 Å². The summed E-state index contributed by atoms with van der Waals surface area (Å²) in [6, 6.07) is 9.44. The van der Waals surface area contributed by atoms with Crippen LogP contribution in [-0.4, -0.2) is 130 Å². The highest BCUT2D eigenvalue weighted by Gasteiger charge is 2.40. The highest BCUT2D eigenvalue weighted by Crippen LogP contribution is 2.49. The summed E-state index contributed by atoms with van der Waals surface area (Å²) in [6.07, 6.45) is 8.87. The Morgan fingerprint density at radius 3 is 1.18 bits per heavy atom. The zero-order valence-electron chi connectivity index (χ0n) is 46.3. The lowest BCUT2D eigenvalue weighted by atomic mass is 9.84. The number of fused-ring (bicyclic) bond motifs is 4. The highest BCUT2D eigenvalue weighted by molar-refractivity contribution is 9.10. The highest BCUT2D eigenvalue weighted by atomic mass is 79.9. The van der Waals surface area contributed by atoms with Crippen LogP contribution in [0.15, 0.2) is 53.3 Å². The van der Waals surface area contributed by atoms with Crippen molar-refractivity contribution in [1.82, 2.24) is 4.98 Å². The van der Waals surface area contributed by atoms with E-state index in [1.165, 1.54) is 12.1 Å². The molecular formula is C60H75BrClF2N5O15. The van der Waals surface area contributed by atoms with Gasteiger partial charge in [-0.1, -0.05) is 11.6 Å². The molecule has 3 saturated heterocycles. The number of hydrogen-bond acceptors (Lipinski definition) is 20. The van der Waals surface area contributed by atoms with Gasteiger partial charge >= 0.3 is 0 Å². The summed E-state index contributed by atoms with van der Waals surface area (Å²) in [5.41, 5.74) is 29.1. The molecule has 3 fully saturated rings. The van der Waals surface area contributed by atoms with Crippen molar-refractivity contribution in [3.05, 3.63) is 120 Å². The van der Waals surface area contributed by atoms with Gasteiger partial charge in [-0.05, 0) is 136 Å². The monoisotopic (exact) mass is 1260 g/mol. The molecule has 8 heterocycles. The van der Waals surface area contributed by atoms with E-state index in [1.807, 2.05) is 12.1 Å². The third-order valence-electron chi connectivity index (χ3n) is 17.1. The number of pyridine rings is 1. The smallest absolute Gasteiger partial charge is 0.194 e. The maximum atomic E-state index is 13.6. The Bertz CT molecular complexity index is 2840. The van der Waals surface area contributed by atoms with Crippen LogP contribution in [0, 0.1) is 29.4 Å². The molecule has 20 nitrogen and oxygen atoms in total. The van der Waals surface area contributed by atoms with Gasteiger partial charge in [0.25, 0.3) is 0 Å². The normalized spacial score (nSPS) is 25.2. The summed E-state index contributed by atoms with van der Waals surface area (Å²) >= 11 is 9.19. The predicted molar refractivity (Wildman–Crippen MR) is 307 cm³/mol. The molecule has 0 aliphatic carbocycles. The molecule has 8 atom stereocenters. The molecule has 0 radical (unpaired) electrons. The zero-order valence-corrected chi connectivity index (χ0v) is 48.7. The third-order valence-corrected chi connectivity index (χ3v) is 18.0. The topological polar surface area (TPSA) is 343 Å². The van der Waals surface area contributed by atoms with Gasteiger partial charge in [0, 0.05) is 126 Å². The molecule has 0 saturated carbocycles. The average Bonchev–Trinajstić information content (AvgIpc) is 2.33. The molecule has 4 aromatic carbocycles. The molecule has 7 aliphatic heterocycles. The van der Waals surface area contributed by atoms with Crippen molar-refractivity contribution in [2.75, 3.05) is 65.8 Å². The fourth-order valence-electron chi connectivity index (χ4n) is 12.5. The summed E-state index contributed by atoms with van der Waals surface area (Å²) in [7, 11) is 0. The number of hydrogen-bond donors (Lipinski definition) is 12. The minimum atomic E-state index is -0.879. The fourth-order valence-corrected chi connectivity index (χ4v) is 13.1. The number of rotatable bonds is 8. The van der Waals surface area contributed by atoms with E-state index in [0.29, 0.717) is 102 Å². The lowest BCUT2D eigenvalue weighted by Gasteiger charge is -2.38. The van der Waals surface area contributed by atoms with Crippen LogP contribution in [0.5, 0.6) is 46.0 Å². The number of halogens is 4. The molecule has 12 rings (SSSR count). The molecule has 7 aliphatic rings. The molecular weight excluding hydrogens is 1180 g/mol. The lowest BCUT2D eigenvalue weighted by Crippen LogP contribution is -2.37. The molecule has 0 bridgehead atoms. The van der Waals surface area contributed by atoms with Gasteiger partial charge in [0.15, 0.2) is 57.6 Å². The van der Waals surface area contributed by atoms with Crippen molar-refractivity contribution in [2.45, 2.75) is 113 Å². The van der Waals surface area contributed by atoms with E-state index in [-0.39, 0.29) is 83.5 Å². The summed E-state index contributed by atoms with van der Waals surface area (Å²) in [5, 5.41) is 79.6. The first-order valence-electron chi connectivity index (χ1n) is 28.4. The Morgan fingerprint density at radius 2 is 0.786 bits per heavy atom. The molecule has 24 heteroatoms. The van der Waals surface area contributed by atoms with Gasteiger partial charge in [-0.25, -0.2) is 8.78 Å². The first-order chi connectivity index (χ1) is 40.5. The van der Waals surface area contributed by atoms with Crippen molar-refractivity contribution in [3.8, 4) is 46.0 Å². The number of ether oxygens (including phenoxy) is 7. The first kappa shape index (κ1) is 63.1. The Morgan fingerprint density at radius 1 is 0.452 bits per heavy atom. The van der Waals surface area contributed by atoms with Crippen LogP contribution in [0.25, 0.3) is 0 Å². The number of nitrogens with two attached hydrogens (primary N) is 4. The van der Waals surface area contributed by atoms with Gasteiger partial charge in [-0.3, -0.25) is 4.98 Å². The lowest BCUT2D eigenvalue weighted by molar-refractivity contribution is -0.0775. The summed E-state index contributed by atoms with van der Waals surface area (Å²) in [5.74, 6) is -3.44. The van der Waals surface area contributed by atoms with Crippen molar-refractivity contribution >= 4 is 27.5 Å². The van der Waals surface area contributed by atoms with Crippen LogP contribution < -0.4 is 22.9 Å². The maximum Gasteiger partial charge on any atom is 0.194 e. The van der Waals surface area contributed by atoms with Gasteiger partial charge in [0.05, 0.1) is 58.3 Å². The van der Waals surface area contributed by atoms with E-state index in [9.17, 15) is 49.6 Å². The van der Waals surface area contributed by atoms with Gasteiger partial charge in [0.2, 0.25) is 0 Å². The number of benzene rings is 4. The second-order valence-corrected chi connectivity index (χ2v) is 23.2. The molecule has 0 spiro atoms. The molecule has 0 amide bonds. The second-order valence-electron chi connectivity index (χ2n) is 22.0. The minimum absolute atomic E-state index is 0.0126. The maximum absolute atomic E-state index is 13.6. The minimum Gasteiger partial charge on any atom is -0.504 e. The van der Waals surface area contributed by atoms with Crippen LogP contribution in [0.1, 0.15) is 119 Å². The third kappa shape index (κ3) is 13.7. The Labute approximate surface area is 498 Å². The van der Waals surface area contributed by atoms with Crippen molar-refractivity contribution in [2.24, 2.45) is 40.7 Å². The van der Waals surface area contributed by atoms with Crippen molar-refractivity contribution < 1.29 is 82.8 Å². The van der Waals surface area contributed by atoms with Crippen molar-refractivity contribution in [1.29, 1.82) is 0 Å². The van der Waals surface area contributed by atoms with E-state index >= 15 is 0 Å². The van der Waals surface area contributed by atoms with E-state index in [0.717, 1.165) is 87.2 Å².